The summed E-state index contributed by atoms with van der Waals surface area (Å²) in [6.45, 7) is -0.0403. The summed E-state index contributed by atoms with van der Waals surface area (Å²) in [5.74, 6) is -0.590. The highest BCUT2D eigenvalue weighted by atomic mass is 32.2. The molecule has 3 aromatic carbocycles. The topological polar surface area (TPSA) is 86.8 Å². The quantitative estimate of drug-likeness (QED) is 0.236. The van der Waals surface area contributed by atoms with E-state index in [-0.39, 0.29) is 55.9 Å². The van der Waals surface area contributed by atoms with Crippen molar-refractivity contribution in [3.8, 4) is 0 Å². The Bertz CT molecular complexity index is 1510. The van der Waals surface area contributed by atoms with E-state index < -0.39 is 27.8 Å². The number of alkyl halides is 3. The number of nitrogens with zero attached hydrogens (tertiary/aromatic N) is 2. The van der Waals surface area contributed by atoms with Gasteiger partial charge >= 0.3 is 6.18 Å². The van der Waals surface area contributed by atoms with E-state index >= 15 is 0 Å². The number of anilines is 1. The van der Waals surface area contributed by atoms with Gasteiger partial charge < -0.3 is 10.2 Å². The predicted octanol–water partition coefficient (Wildman–Crippen LogP) is 6.34. The summed E-state index contributed by atoms with van der Waals surface area (Å²) in [5, 5.41) is 3.18. The molecule has 0 spiro atoms. The average molecular weight is 644 g/mol. The number of carbonyl (C=O) groups excluding carboxylic acids is 2. The molecule has 11 heteroatoms. The molecule has 1 atom stereocenters. The Morgan fingerprint density at radius 3 is 2.11 bits per heavy atom. The normalized spacial score (nSPS) is 14.8. The molecule has 0 aliphatic heterocycles. The van der Waals surface area contributed by atoms with Gasteiger partial charge in [0.1, 0.15) is 6.04 Å². The lowest BCUT2D eigenvalue weighted by atomic mass is 9.94. The van der Waals surface area contributed by atoms with Gasteiger partial charge in [-0.05, 0) is 48.6 Å². The summed E-state index contributed by atoms with van der Waals surface area (Å²) >= 11 is 0. The number of carbonyl (C=O) groups is 2. The smallest absolute Gasteiger partial charge is 0.352 e. The van der Waals surface area contributed by atoms with Crippen LogP contribution in [0.3, 0.4) is 0 Å². The third-order valence-electron chi connectivity index (χ3n) is 8.03. The second-order valence-corrected chi connectivity index (χ2v) is 13.4. The number of benzene rings is 3. The maximum Gasteiger partial charge on any atom is 0.416 e. The molecule has 4 rings (SSSR count). The first-order valence-electron chi connectivity index (χ1n) is 15.2. The zero-order valence-electron chi connectivity index (χ0n) is 25.4. The van der Waals surface area contributed by atoms with Crippen molar-refractivity contribution < 1.29 is 31.2 Å². The number of sulfonamides is 1. The minimum Gasteiger partial charge on any atom is -0.352 e. The van der Waals surface area contributed by atoms with Crippen LogP contribution in [0.15, 0.2) is 84.9 Å². The number of nitrogens with one attached hydrogen (secondary N) is 1. The van der Waals surface area contributed by atoms with Gasteiger partial charge in [-0.25, -0.2) is 8.42 Å². The van der Waals surface area contributed by atoms with E-state index in [0.717, 1.165) is 72.0 Å². The van der Waals surface area contributed by atoms with Gasteiger partial charge in [-0.2, -0.15) is 13.2 Å². The van der Waals surface area contributed by atoms with Crippen molar-refractivity contribution in [2.24, 2.45) is 0 Å². The summed E-state index contributed by atoms with van der Waals surface area (Å²) in [6, 6.07) is 22.1. The molecule has 3 aromatic rings. The van der Waals surface area contributed by atoms with E-state index in [4.69, 9.17) is 0 Å². The van der Waals surface area contributed by atoms with Crippen LogP contribution in [0, 0.1) is 0 Å². The molecule has 1 saturated carbocycles. The van der Waals surface area contributed by atoms with Gasteiger partial charge in [-0.3, -0.25) is 13.9 Å². The van der Waals surface area contributed by atoms with E-state index in [1.807, 2.05) is 60.7 Å². The first kappa shape index (κ1) is 34.0. The third kappa shape index (κ3) is 10.1. The number of hydrogen-bond donors (Lipinski definition) is 1. The van der Waals surface area contributed by atoms with Crippen molar-refractivity contribution in [3.05, 3.63) is 102 Å². The highest BCUT2D eigenvalue weighted by Gasteiger charge is 2.33. The van der Waals surface area contributed by atoms with Crippen LogP contribution in [0.5, 0.6) is 0 Å². The van der Waals surface area contributed by atoms with Gasteiger partial charge in [0.05, 0.1) is 17.5 Å². The number of hydrogen-bond acceptors (Lipinski definition) is 4. The van der Waals surface area contributed by atoms with Crippen LogP contribution < -0.4 is 9.62 Å². The first-order chi connectivity index (χ1) is 21.4. The van der Waals surface area contributed by atoms with Crippen LogP contribution in [0.2, 0.25) is 0 Å². The summed E-state index contributed by atoms with van der Waals surface area (Å²) in [6.07, 6.45) is 1.45. The zero-order chi connectivity index (χ0) is 32.5. The van der Waals surface area contributed by atoms with E-state index in [1.54, 1.807) is 4.90 Å². The van der Waals surface area contributed by atoms with E-state index in [9.17, 15) is 31.2 Å². The van der Waals surface area contributed by atoms with E-state index in [0.29, 0.717) is 0 Å². The molecule has 2 amide bonds. The lowest BCUT2D eigenvalue weighted by Crippen LogP contribution is -2.52. The fourth-order valence-corrected chi connectivity index (χ4v) is 6.68. The third-order valence-corrected chi connectivity index (χ3v) is 9.23. The van der Waals surface area contributed by atoms with Crippen molar-refractivity contribution in [2.75, 3.05) is 17.1 Å². The molecule has 0 unspecified atom stereocenters. The first-order valence-corrected chi connectivity index (χ1v) is 17.1. The Hall–Kier alpha value is -3.86. The fraction of sp³-hybridized carbons (Fsp3) is 0.412. The number of amides is 2. The minimum absolute atomic E-state index is 0.0361. The number of rotatable bonds is 13. The van der Waals surface area contributed by atoms with Crippen molar-refractivity contribution in [1.29, 1.82) is 0 Å². The largest absolute Gasteiger partial charge is 0.416 e. The molecule has 0 aromatic heterocycles. The Kier molecular flexibility index (Phi) is 11.7. The molecule has 1 N–H and O–H groups in total. The van der Waals surface area contributed by atoms with Crippen molar-refractivity contribution in [1.82, 2.24) is 10.2 Å². The van der Waals surface area contributed by atoms with Crippen molar-refractivity contribution >= 4 is 27.5 Å². The molecule has 0 saturated heterocycles. The van der Waals surface area contributed by atoms with Crippen LogP contribution in [-0.2, 0) is 38.8 Å². The lowest BCUT2D eigenvalue weighted by molar-refractivity contribution is -0.141. The molecular formula is C34H40F3N3O4S. The standard InChI is InChI=1S/C34H40F3N3O4S/c1-45(43,44)40(30-20-11-17-28(24-30)34(35,36)37)22-12-21-32(41)39(25-27-15-7-3-8-16-27)31(23-26-13-5-2-6-14-26)33(42)38-29-18-9-4-10-19-29/h2-3,5-8,11,13-17,20,24,29,31H,4,9-10,12,18-19,21-23,25H2,1H3,(H,38,42)/t31-/m1/s1. The zero-order valence-corrected chi connectivity index (χ0v) is 26.2. The predicted molar refractivity (Wildman–Crippen MR) is 169 cm³/mol. The molecule has 242 valence electrons. The monoisotopic (exact) mass is 643 g/mol. The molecule has 0 radical (unpaired) electrons. The van der Waals surface area contributed by atoms with Crippen molar-refractivity contribution in [2.45, 2.75) is 76.2 Å². The van der Waals surface area contributed by atoms with E-state index in [1.165, 1.54) is 6.07 Å². The molecule has 45 heavy (non-hydrogen) atoms. The molecule has 0 heterocycles. The SMILES string of the molecule is CS(=O)(=O)N(CCCC(=O)N(Cc1ccccc1)[C@H](Cc1ccccc1)C(=O)NC1CCCCC1)c1cccc(C(F)(F)F)c1. The fourth-order valence-electron chi connectivity index (χ4n) is 5.72. The minimum atomic E-state index is -4.64. The molecule has 0 bridgehead atoms. The van der Waals surface area contributed by atoms with Gasteiger partial charge in [-0.15, -0.1) is 0 Å². The van der Waals surface area contributed by atoms with Gasteiger partial charge in [0.2, 0.25) is 21.8 Å². The Morgan fingerprint density at radius 1 is 0.889 bits per heavy atom. The molecule has 1 aliphatic carbocycles. The van der Waals surface area contributed by atoms with Crippen molar-refractivity contribution in [3.63, 3.8) is 0 Å². The average Bonchev–Trinajstić information content (AvgIpc) is 3.01. The van der Waals surface area contributed by atoms with Gasteiger partial charge in [-0.1, -0.05) is 86.0 Å². The second kappa shape index (κ2) is 15.4. The maximum atomic E-state index is 14.0. The molecule has 1 fully saturated rings. The van der Waals surface area contributed by atoms with Crippen LogP contribution >= 0.6 is 0 Å². The van der Waals surface area contributed by atoms with Gasteiger partial charge in [0.25, 0.3) is 0 Å². The molecule has 7 nitrogen and oxygen atoms in total. The molecular weight excluding hydrogens is 603 g/mol. The van der Waals surface area contributed by atoms with Crippen LogP contribution in [0.25, 0.3) is 0 Å². The van der Waals surface area contributed by atoms with E-state index in [2.05, 4.69) is 5.32 Å². The summed E-state index contributed by atoms with van der Waals surface area (Å²) < 4.78 is 66.2. The van der Waals surface area contributed by atoms with Crippen LogP contribution in [0.1, 0.15) is 61.6 Å². The highest BCUT2D eigenvalue weighted by Crippen LogP contribution is 2.32. The van der Waals surface area contributed by atoms with Gasteiger partial charge in [0.15, 0.2) is 0 Å². The van der Waals surface area contributed by atoms with Gasteiger partial charge in [0, 0.05) is 32.0 Å². The molecule has 1 aliphatic rings. The van der Waals surface area contributed by atoms with Crippen LogP contribution in [-0.4, -0.2) is 50.0 Å². The lowest BCUT2D eigenvalue weighted by Gasteiger charge is -2.34. The highest BCUT2D eigenvalue weighted by molar-refractivity contribution is 7.92. The summed E-state index contributed by atoms with van der Waals surface area (Å²) in [5.41, 5.74) is 0.622. The Labute approximate surface area is 263 Å². The maximum absolute atomic E-state index is 14.0. The summed E-state index contributed by atoms with van der Waals surface area (Å²) in [7, 11) is -3.96. The Morgan fingerprint density at radius 2 is 1.51 bits per heavy atom. The Balaban J connectivity index is 1.58. The summed E-state index contributed by atoms with van der Waals surface area (Å²) in [4.78, 5) is 29.4. The number of halogens is 3. The van der Waals surface area contributed by atoms with Crippen LogP contribution in [0.4, 0.5) is 18.9 Å². The second-order valence-electron chi connectivity index (χ2n) is 11.5.